The first-order chi connectivity index (χ1) is 9.47. The predicted octanol–water partition coefficient (Wildman–Crippen LogP) is 4.30. The highest BCUT2D eigenvalue weighted by molar-refractivity contribution is 5.87. The summed E-state index contributed by atoms with van der Waals surface area (Å²) in [5.74, 6) is -0.343. The molecule has 0 amide bonds. The van der Waals surface area contributed by atoms with Gasteiger partial charge in [0.1, 0.15) is 0 Å². The van der Waals surface area contributed by atoms with Crippen molar-refractivity contribution < 1.29 is 9.53 Å². The number of carbonyl (C=O) groups excluding carboxylic acids is 1. The van der Waals surface area contributed by atoms with E-state index in [0.717, 1.165) is 36.8 Å². The van der Waals surface area contributed by atoms with Gasteiger partial charge in [-0.2, -0.15) is 0 Å². The lowest BCUT2D eigenvalue weighted by Gasteiger charge is -2.35. The lowest BCUT2D eigenvalue weighted by atomic mass is 9.82. The van der Waals surface area contributed by atoms with Gasteiger partial charge in [0, 0.05) is 11.1 Å². The first-order valence-corrected chi connectivity index (χ1v) is 7.10. The van der Waals surface area contributed by atoms with Gasteiger partial charge in [-0.1, -0.05) is 37.4 Å². The molecule has 0 saturated heterocycles. The number of ether oxygens (including phenoxy) is 1. The number of carbonyl (C=O) groups is 1. The van der Waals surface area contributed by atoms with Crippen molar-refractivity contribution in [1.29, 1.82) is 0 Å². The van der Waals surface area contributed by atoms with Crippen LogP contribution in [-0.2, 0) is 21.6 Å². The molecule has 0 bridgehead atoms. The summed E-state index contributed by atoms with van der Waals surface area (Å²) in [5.41, 5.74) is 2.93. The zero-order valence-electron chi connectivity index (χ0n) is 12.4. The number of rotatable bonds is 3. The maximum Gasteiger partial charge on any atom is 0.334 e. The van der Waals surface area contributed by atoms with E-state index in [1.165, 1.54) is 5.56 Å². The Kier molecular flexibility index (Phi) is 4.12. The van der Waals surface area contributed by atoms with Crippen molar-refractivity contribution in [2.45, 2.75) is 45.1 Å². The van der Waals surface area contributed by atoms with Gasteiger partial charge in [0.15, 0.2) is 5.60 Å². The molecule has 2 rings (SSSR count). The third kappa shape index (κ3) is 2.55. The van der Waals surface area contributed by atoms with Crippen molar-refractivity contribution in [2.75, 3.05) is 0 Å². The maximum absolute atomic E-state index is 12.1. The summed E-state index contributed by atoms with van der Waals surface area (Å²) in [5, 5.41) is 0. The van der Waals surface area contributed by atoms with Crippen LogP contribution in [0.2, 0.25) is 0 Å². The normalized spacial score (nSPS) is 21.5. The number of esters is 1. The Bertz CT molecular complexity index is 556. The SMILES string of the molecule is C=C(C)C(=O)OC1(C(=C)C)CCCCc2ccccc21. The second-order valence-electron chi connectivity index (χ2n) is 5.64. The standard InChI is InChI=1S/C18H22O2/c1-13(2)17(19)20-18(14(3)4)12-8-7-10-15-9-5-6-11-16(15)18/h5-6,9,11H,1,3,7-8,10,12H2,2,4H3. The second kappa shape index (κ2) is 5.66. The van der Waals surface area contributed by atoms with Crippen LogP contribution >= 0.6 is 0 Å². The maximum atomic E-state index is 12.1. The molecule has 0 spiro atoms. The van der Waals surface area contributed by atoms with E-state index in [0.29, 0.717) is 5.57 Å². The van der Waals surface area contributed by atoms with Crippen molar-refractivity contribution in [1.82, 2.24) is 0 Å². The highest BCUT2D eigenvalue weighted by Crippen LogP contribution is 2.42. The summed E-state index contributed by atoms with van der Waals surface area (Å²) in [6, 6.07) is 8.21. The van der Waals surface area contributed by atoms with Crippen molar-refractivity contribution in [3.63, 3.8) is 0 Å². The molecule has 1 atom stereocenters. The van der Waals surface area contributed by atoms with Crippen LogP contribution in [0.5, 0.6) is 0 Å². The van der Waals surface area contributed by atoms with Gasteiger partial charge in [-0.05, 0) is 50.7 Å². The Balaban J connectivity index is 2.54. The molecule has 1 aliphatic carbocycles. The molecule has 0 fully saturated rings. The fraction of sp³-hybridized carbons (Fsp3) is 0.389. The molecule has 0 aliphatic heterocycles. The highest BCUT2D eigenvalue weighted by atomic mass is 16.6. The van der Waals surface area contributed by atoms with Crippen LogP contribution in [0.3, 0.4) is 0 Å². The lowest BCUT2D eigenvalue weighted by molar-refractivity contribution is -0.152. The van der Waals surface area contributed by atoms with E-state index in [2.05, 4.69) is 25.3 Å². The van der Waals surface area contributed by atoms with Crippen LogP contribution in [0.15, 0.2) is 48.6 Å². The summed E-state index contributed by atoms with van der Waals surface area (Å²) in [6.45, 7) is 11.4. The van der Waals surface area contributed by atoms with E-state index in [1.807, 2.05) is 19.1 Å². The Hall–Kier alpha value is -1.83. The quantitative estimate of drug-likeness (QED) is 0.354. The summed E-state index contributed by atoms with van der Waals surface area (Å²) in [4.78, 5) is 12.1. The van der Waals surface area contributed by atoms with Crippen LogP contribution in [0.1, 0.15) is 44.2 Å². The second-order valence-corrected chi connectivity index (χ2v) is 5.64. The number of fused-ring (bicyclic) bond motifs is 1. The van der Waals surface area contributed by atoms with Crippen molar-refractivity contribution in [3.05, 3.63) is 59.7 Å². The molecule has 1 aromatic carbocycles. The average molecular weight is 270 g/mol. The van der Waals surface area contributed by atoms with Gasteiger partial charge in [-0.25, -0.2) is 4.79 Å². The number of aryl methyl sites for hydroxylation is 1. The molecule has 0 radical (unpaired) electrons. The van der Waals surface area contributed by atoms with Crippen LogP contribution in [-0.4, -0.2) is 5.97 Å². The number of hydrogen-bond donors (Lipinski definition) is 0. The summed E-state index contributed by atoms with van der Waals surface area (Å²) >= 11 is 0. The van der Waals surface area contributed by atoms with Crippen molar-refractivity contribution in [2.24, 2.45) is 0 Å². The number of hydrogen-bond acceptors (Lipinski definition) is 2. The van der Waals surface area contributed by atoms with Gasteiger partial charge in [-0.3, -0.25) is 0 Å². The topological polar surface area (TPSA) is 26.3 Å². The molecule has 1 aromatic rings. The van der Waals surface area contributed by atoms with Crippen molar-refractivity contribution in [3.8, 4) is 0 Å². The Labute approximate surface area is 121 Å². The van der Waals surface area contributed by atoms with Crippen molar-refractivity contribution >= 4 is 5.97 Å². The van der Waals surface area contributed by atoms with E-state index in [9.17, 15) is 4.79 Å². The summed E-state index contributed by atoms with van der Waals surface area (Å²) in [6.07, 6.45) is 3.94. The van der Waals surface area contributed by atoms with Gasteiger partial charge < -0.3 is 4.74 Å². The molecule has 1 aliphatic rings. The van der Waals surface area contributed by atoms with Crippen LogP contribution < -0.4 is 0 Å². The molecule has 0 N–H and O–H groups in total. The molecule has 0 aromatic heterocycles. The molecule has 20 heavy (non-hydrogen) atoms. The smallest absolute Gasteiger partial charge is 0.334 e. The zero-order chi connectivity index (χ0) is 14.8. The molecule has 106 valence electrons. The zero-order valence-corrected chi connectivity index (χ0v) is 12.4. The van der Waals surface area contributed by atoms with Crippen LogP contribution in [0.4, 0.5) is 0 Å². The Morgan fingerprint density at radius 2 is 1.90 bits per heavy atom. The Morgan fingerprint density at radius 3 is 2.55 bits per heavy atom. The van der Waals surface area contributed by atoms with E-state index < -0.39 is 5.60 Å². The van der Waals surface area contributed by atoms with E-state index in [4.69, 9.17) is 4.74 Å². The van der Waals surface area contributed by atoms with E-state index in [-0.39, 0.29) is 5.97 Å². The minimum atomic E-state index is -0.705. The molecule has 0 heterocycles. The monoisotopic (exact) mass is 270 g/mol. The van der Waals surface area contributed by atoms with Gasteiger partial charge in [0.05, 0.1) is 0 Å². The third-order valence-electron chi connectivity index (χ3n) is 3.98. The molecular formula is C18H22O2. The third-order valence-corrected chi connectivity index (χ3v) is 3.98. The molecule has 1 unspecified atom stereocenters. The van der Waals surface area contributed by atoms with Gasteiger partial charge in [-0.15, -0.1) is 0 Å². The number of benzene rings is 1. The largest absolute Gasteiger partial charge is 0.446 e. The molecule has 2 nitrogen and oxygen atoms in total. The Morgan fingerprint density at radius 1 is 1.20 bits per heavy atom. The van der Waals surface area contributed by atoms with Crippen LogP contribution in [0.25, 0.3) is 0 Å². The fourth-order valence-corrected chi connectivity index (χ4v) is 2.84. The predicted molar refractivity (Wildman–Crippen MR) is 81.4 cm³/mol. The summed E-state index contributed by atoms with van der Waals surface area (Å²) < 4.78 is 5.87. The first kappa shape index (κ1) is 14.6. The molecule has 2 heteroatoms. The van der Waals surface area contributed by atoms with Gasteiger partial charge >= 0.3 is 5.97 Å². The highest BCUT2D eigenvalue weighted by Gasteiger charge is 2.39. The average Bonchev–Trinajstić information content (AvgIpc) is 2.59. The summed E-state index contributed by atoms with van der Waals surface area (Å²) in [7, 11) is 0. The minimum absolute atomic E-state index is 0.343. The molecule has 0 saturated carbocycles. The van der Waals surface area contributed by atoms with Crippen LogP contribution in [0, 0.1) is 0 Å². The molecular weight excluding hydrogens is 248 g/mol. The van der Waals surface area contributed by atoms with E-state index in [1.54, 1.807) is 6.92 Å². The minimum Gasteiger partial charge on any atom is -0.446 e. The van der Waals surface area contributed by atoms with Gasteiger partial charge in [0.25, 0.3) is 0 Å². The van der Waals surface area contributed by atoms with E-state index >= 15 is 0 Å². The van der Waals surface area contributed by atoms with Gasteiger partial charge in [0.2, 0.25) is 0 Å². The lowest BCUT2D eigenvalue weighted by Crippen LogP contribution is -2.34. The fourth-order valence-electron chi connectivity index (χ4n) is 2.84. The first-order valence-electron chi connectivity index (χ1n) is 7.10.